The average Bonchev–Trinajstić information content (AvgIpc) is 3.23. The summed E-state index contributed by atoms with van der Waals surface area (Å²) in [4.78, 5) is 2.56. The van der Waals surface area contributed by atoms with Crippen molar-refractivity contribution in [3.8, 4) is 0 Å². The third-order valence-corrected chi connectivity index (χ3v) is 4.17. The maximum absolute atomic E-state index is 8.62. The zero-order valence-corrected chi connectivity index (χ0v) is 11.2. The third-order valence-electron chi connectivity index (χ3n) is 4.17. The molecule has 0 aromatic rings. The van der Waals surface area contributed by atoms with E-state index in [1.807, 2.05) is 7.11 Å². The van der Waals surface area contributed by atoms with Crippen molar-refractivity contribution < 1.29 is 9.94 Å². The van der Waals surface area contributed by atoms with Crippen LogP contribution < -0.4 is 5.73 Å². The van der Waals surface area contributed by atoms with Gasteiger partial charge in [0, 0.05) is 32.2 Å². The highest BCUT2D eigenvalue weighted by Gasteiger charge is 2.36. The molecular formula is C13H25N3O2. The first-order valence-corrected chi connectivity index (χ1v) is 6.99. The van der Waals surface area contributed by atoms with E-state index in [1.165, 1.54) is 32.1 Å². The van der Waals surface area contributed by atoms with Gasteiger partial charge in [-0.25, -0.2) is 0 Å². The lowest BCUT2D eigenvalue weighted by Gasteiger charge is -2.37. The van der Waals surface area contributed by atoms with Gasteiger partial charge in [-0.2, -0.15) is 0 Å². The van der Waals surface area contributed by atoms with E-state index in [9.17, 15) is 0 Å². The predicted molar refractivity (Wildman–Crippen MR) is 70.8 cm³/mol. The smallest absolute Gasteiger partial charge is 0.140 e. The molecule has 0 radical (unpaired) electrons. The van der Waals surface area contributed by atoms with E-state index in [0.29, 0.717) is 24.4 Å². The first-order valence-electron chi connectivity index (χ1n) is 6.99. The molecule has 2 rings (SSSR count). The van der Waals surface area contributed by atoms with Crippen LogP contribution in [0.15, 0.2) is 5.16 Å². The lowest BCUT2D eigenvalue weighted by atomic mass is 9.91. The number of oxime groups is 1. The van der Waals surface area contributed by atoms with E-state index in [-0.39, 0.29) is 0 Å². The number of nitrogens with two attached hydrogens (primary N) is 1. The Labute approximate surface area is 109 Å². The first kappa shape index (κ1) is 13.6. The summed E-state index contributed by atoms with van der Waals surface area (Å²) in [5.74, 6) is 0.333. The van der Waals surface area contributed by atoms with Gasteiger partial charge in [0.05, 0.1) is 6.10 Å². The van der Waals surface area contributed by atoms with Crippen molar-refractivity contribution >= 4 is 5.84 Å². The van der Waals surface area contributed by atoms with Crippen molar-refractivity contribution in [1.29, 1.82) is 0 Å². The van der Waals surface area contributed by atoms with Gasteiger partial charge in [-0.15, -0.1) is 0 Å². The van der Waals surface area contributed by atoms with Crippen LogP contribution in [0.25, 0.3) is 0 Å². The summed E-state index contributed by atoms with van der Waals surface area (Å²) in [7, 11) is 1.81. The normalized spacial score (nSPS) is 29.8. The van der Waals surface area contributed by atoms with Crippen LogP contribution in [0.1, 0.15) is 44.9 Å². The molecule has 0 spiro atoms. The van der Waals surface area contributed by atoms with Crippen LogP contribution in [-0.4, -0.2) is 47.8 Å². The van der Waals surface area contributed by atoms with Crippen molar-refractivity contribution in [3.63, 3.8) is 0 Å². The monoisotopic (exact) mass is 255 g/mol. The highest BCUT2D eigenvalue weighted by atomic mass is 16.5. The summed E-state index contributed by atoms with van der Waals surface area (Å²) in [6.45, 7) is 0.904. The topological polar surface area (TPSA) is 71.1 Å². The fourth-order valence-corrected chi connectivity index (χ4v) is 3.00. The largest absolute Gasteiger partial charge is 0.409 e. The molecule has 2 saturated carbocycles. The Balaban J connectivity index is 1.88. The number of hydrogen-bond acceptors (Lipinski definition) is 4. The maximum Gasteiger partial charge on any atom is 0.140 e. The van der Waals surface area contributed by atoms with Gasteiger partial charge in [0.25, 0.3) is 0 Å². The first-order chi connectivity index (χ1) is 8.74. The standard InChI is InChI=1S/C13H25N3O2/c1-18-12-4-2-3-11(9-12)16(10-5-6-10)8-7-13(14)15-17/h10-12,17H,2-9H2,1H3,(H2,14,15). The Morgan fingerprint density at radius 2 is 2.11 bits per heavy atom. The third kappa shape index (κ3) is 3.59. The Kier molecular flexibility index (Phi) is 4.83. The molecule has 104 valence electrons. The number of ether oxygens (including phenoxy) is 1. The minimum Gasteiger partial charge on any atom is -0.409 e. The van der Waals surface area contributed by atoms with Crippen molar-refractivity contribution in [2.45, 2.75) is 63.1 Å². The molecule has 0 aromatic carbocycles. The molecule has 0 bridgehead atoms. The van der Waals surface area contributed by atoms with Gasteiger partial charge < -0.3 is 15.7 Å². The molecule has 3 N–H and O–H groups in total. The van der Waals surface area contributed by atoms with Crippen LogP contribution in [0.5, 0.6) is 0 Å². The quantitative estimate of drug-likeness (QED) is 0.327. The summed E-state index contributed by atoms with van der Waals surface area (Å²) in [5.41, 5.74) is 5.57. The molecule has 0 heterocycles. The fraction of sp³-hybridized carbons (Fsp3) is 0.923. The Hall–Kier alpha value is -0.810. The van der Waals surface area contributed by atoms with E-state index in [4.69, 9.17) is 15.7 Å². The summed E-state index contributed by atoms with van der Waals surface area (Å²) in [6.07, 6.45) is 8.47. The summed E-state index contributed by atoms with van der Waals surface area (Å²) in [5, 5.41) is 11.7. The van der Waals surface area contributed by atoms with Crippen molar-refractivity contribution in [2.75, 3.05) is 13.7 Å². The highest BCUT2D eigenvalue weighted by Crippen LogP contribution is 2.34. The molecular weight excluding hydrogens is 230 g/mol. The van der Waals surface area contributed by atoms with Gasteiger partial charge in [0.1, 0.15) is 5.84 Å². The second kappa shape index (κ2) is 6.38. The maximum atomic E-state index is 8.62. The van der Waals surface area contributed by atoms with Crippen molar-refractivity contribution in [3.05, 3.63) is 0 Å². The van der Waals surface area contributed by atoms with Crippen LogP contribution in [0, 0.1) is 0 Å². The zero-order valence-electron chi connectivity index (χ0n) is 11.2. The van der Waals surface area contributed by atoms with Crippen molar-refractivity contribution in [2.24, 2.45) is 10.9 Å². The average molecular weight is 255 g/mol. The molecule has 2 atom stereocenters. The second-order valence-electron chi connectivity index (χ2n) is 5.49. The summed E-state index contributed by atoms with van der Waals surface area (Å²) < 4.78 is 5.50. The SMILES string of the molecule is COC1CCCC(N(CCC(N)=NO)C2CC2)C1. The number of amidine groups is 1. The summed E-state index contributed by atoms with van der Waals surface area (Å²) in [6, 6.07) is 1.33. The molecule has 0 saturated heterocycles. The molecule has 18 heavy (non-hydrogen) atoms. The molecule has 0 amide bonds. The van der Waals surface area contributed by atoms with Gasteiger partial charge in [-0.1, -0.05) is 5.16 Å². The summed E-state index contributed by atoms with van der Waals surface area (Å²) >= 11 is 0. The predicted octanol–water partition coefficient (Wildman–Crippen LogP) is 1.54. The van der Waals surface area contributed by atoms with Gasteiger partial charge >= 0.3 is 0 Å². The molecule has 5 heteroatoms. The van der Waals surface area contributed by atoms with E-state index >= 15 is 0 Å². The Bertz CT molecular complexity index is 292. The molecule has 2 fully saturated rings. The van der Waals surface area contributed by atoms with E-state index in [2.05, 4.69) is 10.1 Å². The van der Waals surface area contributed by atoms with Gasteiger partial charge in [-0.05, 0) is 38.5 Å². The molecule has 0 aliphatic heterocycles. The van der Waals surface area contributed by atoms with Crippen LogP contribution in [0.3, 0.4) is 0 Å². The Morgan fingerprint density at radius 3 is 2.72 bits per heavy atom. The van der Waals surface area contributed by atoms with Gasteiger partial charge in [0.15, 0.2) is 0 Å². The van der Waals surface area contributed by atoms with E-state index < -0.39 is 0 Å². The van der Waals surface area contributed by atoms with E-state index in [1.54, 1.807) is 0 Å². The van der Waals surface area contributed by atoms with E-state index in [0.717, 1.165) is 19.0 Å². The molecule has 0 aromatic heterocycles. The minimum absolute atomic E-state index is 0.333. The molecule has 5 nitrogen and oxygen atoms in total. The number of nitrogens with zero attached hydrogens (tertiary/aromatic N) is 2. The lowest BCUT2D eigenvalue weighted by molar-refractivity contribution is 0.0261. The number of methoxy groups -OCH3 is 1. The van der Waals surface area contributed by atoms with Crippen LogP contribution in [0.4, 0.5) is 0 Å². The number of hydrogen-bond donors (Lipinski definition) is 2. The van der Waals surface area contributed by atoms with Gasteiger partial charge in [-0.3, -0.25) is 4.90 Å². The molecule has 2 aliphatic rings. The van der Waals surface area contributed by atoms with Gasteiger partial charge in [0.2, 0.25) is 0 Å². The Morgan fingerprint density at radius 1 is 1.33 bits per heavy atom. The fourth-order valence-electron chi connectivity index (χ4n) is 3.00. The zero-order chi connectivity index (χ0) is 13.0. The second-order valence-corrected chi connectivity index (χ2v) is 5.49. The van der Waals surface area contributed by atoms with Crippen molar-refractivity contribution in [1.82, 2.24) is 4.90 Å². The lowest BCUT2D eigenvalue weighted by Crippen LogP contribution is -2.43. The number of rotatable bonds is 6. The van der Waals surface area contributed by atoms with Crippen LogP contribution in [-0.2, 0) is 4.74 Å². The highest BCUT2D eigenvalue weighted by molar-refractivity contribution is 5.79. The molecule has 2 aliphatic carbocycles. The van der Waals surface area contributed by atoms with Crippen LogP contribution >= 0.6 is 0 Å². The minimum atomic E-state index is 0.333. The van der Waals surface area contributed by atoms with Crippen LogP contribution in [0.2, 0.25) is 0 Å². The molecule has 2 unspecified atom stereocenters.